The van der Waals surface area contributed by atoms with Crippen molar-refractivity contribution in [2.45, 2.75) is 83.6 Å². The highest BCUT2D eigenvalue weighted by molar-refractivity contribution is 4.79. The fourth-order valence-electron chi connectivity index (χ4n) is 3.85. The van der Waals surface area contributed by atoms with Crippen LogP contribution in [0.5, 0.6) is 0 Å². The van der Waals surface area contributed by atoms with Crippen molar-refractivity contribution in [2.24, 2.45) is 23.5 Å². The third-order valence-electron chi connectivity index (χ3n) is 5.30. The second-order valence-electron chi connectivity index (χ2n) is 6.77. The average Bonchev–Trinajstić information content (AvgIpc) is 2.38. The van der Waals surface area contributed by atoms with Crippen molar-refractivity contribution in [3.8, 4) is 0 Å². The molecule has 2 aliphatic rings. The van der Waals surface area contributed by atoms with Gasteiger partial charge < -0.3 is 5.73 Å². The lowest BCUT2D eigenvalue weighted by molar-refractivity contribution is 0.232. The van der Waals surface area contributed by atoms with Crippen molar-refractivity contribution in [3.63, 3.8) is 0 Å². The first-order valence-corrected chi connectivity index (χ1v) is 8.01. The molecule has 2 aliphatic carbocycles. The molecule has 2 rings (SSSR count). The summed E-state index contributed by atoms with van der Waals surface area (Å²) in [5.74, 6) is 2.81. The van der Waals surface area contributed by atoms with E-state index < -0.39 is 0 Å². The van der Waals surface area contributed by atoms with E-state index in [1.165, 1.54) is 70.6 Å². The molecule has 1 atom stereocenters. The quantitative estimate of drug-likeness (QED) is 0.765. The first-order chi connectivity index (χ1) is 8.25. The molecular weight excluding hydrogens is 206 g/mol. The van der Waals surface area contributed by atoms with Gasteiger partial charge in [-0.1, -0.05) is 51.9 Å². The molecule has 0 spiro atoms. The van der Waals surface area contributed by atoms with Crippen LogP contribution in [0.25, 0.3) is 0 Å². The Labute approximate surface area is 108 Å². The van der Waals surface area contributed by atoms with Gasteiger partial charge in [-0.2, -0.15) is 0 Å². The maximum Gasteiger partial charge on any atom is 0.00672 e. The Balaban J connectivity index is 1.64. The van der Waals surface area contributed by atoms with E-state index in [0.717, 1.165) is 17.8 Å². The third-order valence-corrected chi connectivity index (χ3v) is 5.30. The molecule has 0 radical (unpaired) electrons. The highest BCUT2D eigenvalue weighted by atomic mass is 14.6. The Kier molecular flexibility index (Phi) is 5.34. The van der Waals surface area contributed by atoms with E-state index in [4.69, 9.17) is 5.73 Å². The summed E-state index contributed by atoms with van der Waals surface area (Å²) >= 11 is 0. The predicted molar refractivity (Wildman–Crippen MR) is 74.9 cm³/mol. The second-order valence-corrected chi connectivity index (χ2v) is 6.77. The molecular formula is C16H31N. The lowest BCUT2D eigenvalue weighted by atomic mass is 9.77. The molecule has 2 saturated carbocycles. The van der Waals surface area contributed by atoms with Crippen LogP contribution in [0.4, 0.5) is 0 Å². The zero-order valence-corrected chi connectivity index (χ0v) is 11.7. The van der Waals surface area contributed by atoms with Crippen molar-refractivity contribution >= 4 is 0 Å². The molecule has 1 heteroatoms. The topological polar surface area (TPSA) is 26.0 Å². The summed E-state index contributed by atoms with van der Waals surface area (Å²) in [7, 11) is 0. The van der Waals surface area contributed by atoms with Crippen LogP contribution in [-0.4, -0.2) is 6.04 Å². The standard InChI is InChI=1S/C16H31N/c1-13-7-10-15(11-8-13)16(17)12-9-14-5-3-2-4-6-14/h13-16H,2-12,17H2,1H3. The Morgan fingerprint density at radius 1 is 0.941 bits per heavy atom. The maximum atomic E-state index is 6.41. The first kappa shape index (κ1) is 13.4. The Morgan fingerprint density at radius 3 is 2.24 bits per heavy atom. The summed E-state index contributed by atoms with van der Waals surface area (Å²) in [6.45, 7) is 2.39. The fourth-order valence-corrected chi connectivity index (χ4v) is 3.85. The monoisotopic (exact) mass is 237 g/mol. The molecule has 100 valence electrons. The van der Waals surface area contributed by atoms with Crippen LogP contribution in [0.15, 0.2) is 0 Å². The summed E-state index contributed by atoms with van der Waals surface area (Å²) in [6.07, 6.45) is 15.7. The van der Waals surface area contributed by atoms with Crippen LogP contribution >= 0.6 is 0 Å². The van der Waals surface area contributed by atoms with Crippen molar-refractivity contribution in [2.75, 3.05) is 0 Å². The molecule has 0 heterocycles. The third kappa shape index (κ3) is 4.28. The van der Waals surface area contributed by atoms with E-state index in [9.17, 15) is 0 Å². The smallest absolute Gasteiger partial charge is 0.00672 e. The van der Waals surface area contributed by atoms with Gasteiger partial charge in [-0.05, 0) is 43.4 Å². The first-order valence-electron chi connectivity index (χ1n) is 8.01. The van der Waals surface area contributed by atoms with E-state index >= 15 is 0 Å². The van der Waals surface area contributed by atoms with Crippen molar-refractivity contribution in [1.82, 2.24) is 0 Å². The van der Waals surface area contributed by atoms with E-state index in [0.29, 0.717) is 6.04 Å². The van der Waals surface area contributed by atoms with Crippen LogP contribution in [-0.2, 0) is 0 Å². The van der Waals surface area contributed by atoms with Gasteiger partial charge in [0.1, 0.15) is 0 Å². The summed E-state index contributed by atoms with van der Waals surface area (Å²) in [4.78, 5) is 0. The average molecular weight is 237 g/mol. The van der Waals surface area contributed by atoms with Gasteiger partial charge in [0.2, 0.25) is 0 Å². The molecule has 0 aromatic rings. The van der Waals surface area contributed by atoms with Crippen LogP contribution < -0.4 is 5.73 Å². The van der Waals surface area contributed by atoms with E-state index in [2.05, 4.69) is 6.92 Å². The fraction of sp³-hybridized carbons (Fsp3) is 1.00. The molecule has 2 fully saturated rings. The summed E-state index contributed by atoms with van der Waals surface area (Å²) in [5, 5.41) is 0. The molecule has 2 N–H and O–H groups in total. The minimum absolute atomic E-state index is 0.504. The van der Waals surface area contributed by atoms with E-state index in [-0.39, 0.29) is 0 Å². The Hall–Kier alpha value is -0.0400. The molecule has 1 unspecified atom stereocenters. The van der Waals surface area contributed by atoms with Gasteiger partial charge in [0.25, 0.3) is 0 Å². The SMILES string of the molecule is CC1CCC(C(N)CCC2CCCCC2)CC1. The van der Waals surface area contributed by atoms with Gasteiger partial charge in [-0.15, -0.1) is 0 Å². The molecule has 0 aliphatic heterocycles. The zero-order chi connectivity index (χ0) is 12.1. The van der Waals surface area contributed by atoms with E-state index in [1.54, 1.807) is 0 Å². The second kappa shape index (κ2) is 6.78. The van der Waals surface area contributed by atoms with Gasteiger partial charge in [-0.3, -0.25) is 0 Å². The predicted octanol–water partition coefficient (Wildman–Crippen LogP) is 4.50. The number of rotatable bonds is 4. The van der Waals surface area contributed by atoms with Gasteiger partial charge in [0.15, 0.2) is 0 Å². The number of hydrogen-bond donors (Lipinski definition) is 1. The summed E-state index contributed by atoms with van der Waals surface area (Å²) in [6, 6.07) is 0.504. The minimum Gasteiger partial charge on any atom is -0.327 e. The largest absolute Gasteiger partial charge is 0.327 e. The van der Waals surface area contributed by atoms with Crippen molar-refractivity contribution in [3.05, 3.63) is 0 Å². The van der Waals surface area contributed by atoms with Gasteiger partial charge in [0.05, 0.1) is 0 Å². The van der Waals surface area contributed by atoms with Crippen molar-refractivity contribution < 1.29 is 0 Å². The van der Waals surface area contributed by atoms with E-state index in [1.807, 2.05) is 0 Å². The maximum absolute atomic E-state index is 6.41. The van der Waals surface area contributed by atoms with Gasteiger partial charge in [0, 0.05) is 6.04 Å². The highest BCUT2D eigenvalue weighted by Crippen LogP contribution is 2.33. The number of nitrogens with two attached hydrogens (primary N) is 1. The van der Waals surface area contributed by atoms with Crippen LogP contribution in [0.1, 0.15) is 77.6 Å². The summed E-state index contributed by atoms with van der Waals surface area (Å²) < 4.78 is 0. The molecule has 0 aromatic carbocycles. The minimum atomic E-state index is 0.504. The normalized spacial score (nSPS) is 33.5. The van der Waals surface area contributed by atoms with Crippen LogP contribution in [0.2, 0.25) is 0 Å². The van der Waals surface area contributed by atoms with Crippen LogP contribution in [0, 0.1) is 17.8 Å². The molecule has 1 nitrogen and oxygen atoms in total. The Bertz CT molecular complexity index is 200. The van der Waals surface area contributed by atoms with Gasteiger partial charge in [-0.25, -0.2) is 0 Å². The van der Waals surface area contributed by atoms with Gasteiger partial charge >= 0.3 is 0 Å². The molecule has 0 aromatic heterocycles. The van der Waals surface area contributed by atoms with Crippen LogP contribution in [0.3, 0.4) is 0 Å². The van der Waals surface area contributed by atoms with Crippen molar-refractivity contribution in [1.29, 1.82) is 0 Å². The molecule has 0 saturated heterocycles. The summed E-state index contributed by atoms with van der Waals surface area (Å²) in [5.41, 5.74) is 6.41. The highest BCUT2D eigenvalue weighted by Gasteiger charge is 2.24. The molecule has 0 bridgehead atoms. The molecule has 0 amide bonds. The Morgan fingerprint density at radius 2 is 1.59 bits per heavy atom. The zero-order valence-electron chi connectivity index (χ0n) is 11.7. The number of hydrogen-bond acceptors (Lipinski definition) is 1. The lowest BCUT2D eigenvalue weighted by Crippen LogP contribution is -2.33. The molecule has 17 heavy (non-hydrogen) atoms. The lowest BCUT2D eigenvalue weighted by Gasteiger charge is -2.31.